The molecule has 7 heteroatoms. The third-order valence-corrected chi connectivity index (χ3v) is 6.28. The van der Waals surface area contributed by atoms with Crippen LogP contribution in [0.25, 0.3) is 10.9 Å². The lowest BCUT2D eigenvalue weighted by atomic mass is 9.88. The van der Waals surface area contributed by atoms with Gasteiger partial charge in [-0.3, -0.25) is 4.84 Å². The molecule has 2 heterocycles. The van der Waals surface area contributed by atoms with E-state index >= 15 is 0 Å². The number of rotatable bonds is 6. The van der Waals surface area contributed by atoms with Crippen LogP contribution in [-0.2, 0) is 16.1 Å². The quantitative estimate of drug-likeness (QED) is 0.507. The van der Waals surface area contributed by atoms with Crippen LogP contribution in [0.1, 0.15) is 51.5 Å². The Morgan fingerprint density at radius 2 is 1.91 bits per heavy atom. The van der Waals surface area contributed by atoms with Gasteiger partial charge in [0.25, 0.3) is 0 Å². The van der Waals surface area contributed by atoms with E-state index in [4.69, 9.17) is 15.7 Å². The first-order valence-electron chi connectivity index (χ1n) is 11.9. The Morgan fingerprint density at radius 1 is 1.22 bits per heavy atom. The van der Waals surface area contributed by atoms with Crippen molar-refractivity contribution in [2.75, 3.05) is 26.3 Å². The van der Waals surface area contributed by atoms with Gasteiger partial charge in [-0.05, 0) is 57.2 Å². The summed E-state index contributed by atoms with van der Waals surface area (Å²) in [5.41, 5.74) is 8.01. The minimum Gasteiger partial charge on any atom is -0.397 e. The Bertz CT molecular complexity index is 775. The molecule has 1 saturated carbocycles. The second kappa shape index (κ2) is 14.4. The minimum atomic E-state index is -0.267. The fourth-order valence-corrected chi connectivity index (χ4v) is 4.56. The number of aldehydes is 1. The van der Waals surface area contributed by atoms with Crippen LogP contribution >= 0.6 is 0 Å². The lowest BCUT2D eigenvalue weighted by Crippen LogP contribution is -2.38. The number of aromatic amines is 1. The molecule has 1 aromatic heterocycles. The van der Waals surface area contributed by atoms with Gasteiger partial charge in [0.2, 0.25) is 0 Å². The van der Waals surface area contributed by atoms with Crippen molar-refractivity contribution in [1.82, 2.24) is 10.0 Å². The highest BCUT2D eigenvalue weighted by atomic mass is 16.7. The zero-order valence-electron chi connectivity index (χ0n) is 19.6. The first-order chi connectivity index (χ1) is 15.6. The van der Waals surface area contributed by atoms with E-state index in [1.165, 1.54) is 48.6 Å². The molecule has 1 aliphatic carbocycles. The van der Waals surface area contributed by atoms with Crippen molar-refractivity contribution in [3.8, 4) is 0 Å². The molecule has 0 radical (unpaired) electrons. The Hall–Kier alpha value is -1.77. The van der Waals surface area contributed by atoms with E-state index < -0.39 is 0 Å². The molecule has 1 saturated heterocycles. The number of para-hydroxylation sites is 1. The molecule has 2 aromatic rings. The normalized spacial score (nSPS) is 23.8. The summed E-state index contributed by atoms with van der Waals surface area (Å²) in [7, 11) is 0. The van der Waals surface area contributed by atoms with E-state index in [1.54, 1.807) is 6.92 Å². The number of aliphatic hydroxyl groups excluding tert-OH is 2. The molecule has 32 heavy (non-hydrogen) atoms. The van der Waals surface area contributed by atoms with Crippen LogP contribution in [0, 0.1) is 11.8 Å². The van der Waals surface area contributed by atoms with Gasteiger partial charge in [-0.25, -0.2) is 0 Å². The zero-order valence-corrected chi connectivity index (χ0v) is 19.6. The average molecular weight is 448 g/mol. The molecule has 1 aliphatic heterocycles. The van der Waals surface area contributed by atoms with Crippen LogP contribution in [0.5, 0.6) is 0 Å². The standard InChI is InChI=1S/C13H23NO3.C10H12N2.C2H6O/c1-10-12(8-15)13(9-16)14(17-10)7-11-5-3-2-4-6-11;11-6-5-8-7-12-10-4-2-1-3-9(8)10;1-2-3/h9-13,15H,2-8H2,1H3;1-4,7,12H,5-6,11H2;3H,2H2,1H3/t10?,12-,13-;;/m1../s1. The monoisotopic (exact) mass is 447 g/mol. The van der Waals surface area contributed by atoms with Gasteiger partial charge >= 0.3 is 0 Å². The predicted molar refractivity (Wildman–Crippen MR) is 128 cm³/mol. The summed E-state index contributed by atoms with van der Waals surface area (Å²) < 4.78 is 0. The Morgan fingerprint density at radius 3 is 2.53 bits per heavy atom. The van der Waals surface area contributed by atoms with Crippen molar-refractivity contribution < 1.29 is 19.8 Å². The van der Waals surface area contributed by atoms with Crippen molar-refractivity contribution in [3.63, 3.8) is 0 Å². The van der Waals surface area contributed by atoms with Gasteiger partial charge in [0, 0.05) is 36.2 Å². The Balaban J connectivity index is 0.000000211. The van der Waals surface area contributed by atoms with Crippen LogP contribution in [0.4, 0.5) is 0 Å². The van der Waals surface area contributed by atoms with Crippen molar-refractivity contribution in [1.29, 1.82) is 0 Å². The number of nitrogens with one attached hydrogen (secondary N) is 1. The second-order valence-corrected chi connectivity index (χ2v) is 8.60. The molecule has 4 rings (SSSR count). The van der Waals surface area contributed by atoms with E-state index in [9.17, 15) is 9.90 Å². The molecule has 180 valence electrons. The van der Waals surface area contributed by atoms with Gasteiger partial charge < -0.3 is 25.7 Å². The fraction of sp³-hybridized carbons (Fsp3) is 0.640. The number of hydroxylamine groups is 2. The lowest BCUT2D eigenvalue weighted by Gasteiger charge is -2.28. The Kier molecular flexibility index (Phi) is 11.9. The van der Waals surface area contributed by atoms with Gasteiger partial charge in [-0.2, -0.15) is 5.06 Å². The number of benzene rings is 1. The molecular formula is C25H41N3O4. The van der Waals surface area contributed by atoms with E-state index in [0.717, 1.165) is 19.3 Å². The van der Waals surface area contributed by atoms with Gasteiger partial charge in [-0.15, -0.1) is 0 Å². The smallest absolute Gasteiger partial charge is 0.139 e. The van der Waals surface area contributed by atoms with Crippen molar-refractivity contribution in [2.45, 2.75) is 64.5 Å². The number of carbonyl (C=O) groups excluding carboxylic acids is 1. The SMILES string of the molecule is CC1ON(CC2CCCCC2)[C@H](C=O)[C@@H]1CO.CCO.NCCc1c[nH]c2ccccc12. The molecule has 2 aliphatic rings. The third kappa shape index (κ3) is 7.39. The highest BCUT2D eigenvalue weighted by Gasteiger charge is 2.41. The summed E-state index contributed by atoms with van der Waals surface area (Å²) in [4.78, 5) is 20.1. The molecule has 2 fully saturated rings. The predicted octanol–water partition coefficient (Wildman–Crippen LogP) is 3.05. The number of hydrogen-bond acceptors (Lipinski definition) is 6. The van der Waals surface area contributed by atoms with Crippen molar-refractivity contribution in [2.24, 2.45) is 17.6 Å². The number of nitrogens with two attached hydrogens (primary N) is 1. The molecule has 0 spiro atoms. The van der Waals surface area contributed by atoms with Crippen molar-refractivity contribution >= 4 is 17.2 Å². The van der Waals surface area contributed by atoms with E-state index in [2.05, 4.69) is 23.2 Å². The minimum absolute atomic E-state index is 0.0196. The van der Waals surface area contributed by atoms with E-state index in [-0.39, 0.29) is 31.3 Å². The number of hydrogen-bond donors (Lipinski definition) is 4. The number of fused-ring (bicyclic) bond motifs is 1. The molecule has 7 nitrogen and oxygen atoms in total. The van der Waals surface area contributed by atoms with Crippen LogP contribution in [0.3, 0.4) is 0 Å². The molecule has 1 unspecified atom stereocenters. The summed E-state index contributed by atoms with van der Waals surface area (Å²) in [6.07, 6.45) is 10.3. The van der Waals surface area contributed by atoms with E-state index in [1.807, 2.05) is 24.3 Å². The van der Waals surface area contributed by atoms with Gasteiger partial charge in [0.15, 0.2) is 0 Å². The molecule has 3 atom stereocenters. The highest BCUT2D eigenvalue weighted by molar-refractivity contribution is 5.83. The van der Waals surface area contributed by atoms with E-state index in [0.29, 0.717) is 12.5 Å². The molecule has 0 bridgehead atoms. The number of aromatic nitrogens is 1. The molecule has 5 N–H and O–H groups in total. The first-order valence-corrected chi connectivity index (χ1v) is 11.9. The van der Waals surface area contributed by atoms with Gasteiger partial charge in [0.1, 0.15) is 6.29 Å². The molecular weight excluding hydrogens is 406 g/mol. The van der Waals surface area contributed by atoms with Crippen LogP contribution < -0.4 is 5.73 Å². The summed E-state index contributed by atoms with van der Waals surface area (Å²) in [6, 6.07) is 8.02. The second-order valence-electron chi connectivity index (χ2n) is 8.60. The Labute approximate surface area is 191 Å². The topological polar surface area (TPSA) is 112 Å². The third-order valence-electron chi connectivity index (χ3n) is 6.28. The van der Waals surface area contributed by atoms with Crippen LogP contribution in [0.2, 0.25) is 0 Å². The maximum atomic E-state index is 11.1. The van der Waals surface area contributed by atoms with Crippen molar-refractivity contribution in [3.05, 3.63) is 36.0 Å². The lowest BCUT2D eigenvalue weighted by molar-refractivity contribution is -0.168. The summed E-state index contributed by atoms with van der Waals surface area (Å²) in [5.74, 6) is 0.576. The van der Waals surface area contributed by atoms with Crippen LogP contribution in [-0.4, -0.2) is 65.0 Å². The van der Waals surface area contributed by atoms with Gasteiger partial charge in [-0.1, -0.05) is 37.5 Å². The zero-order chi connectivity index (χ0) is 23.3. The highest BCUT2D eigenvalue weighted by Crippen LogP contribution is 2.30. The summed E-state index contributed by atoms with van der Waals surface area (Å²) in [5, 5.41) is 20.0. The fourth-order valence-electron chi connectivity index (χ4n) is 4.56. The maximum Gasteiger partial charge on any atom is 0.139 e. The molecule has 0 amide bonds. The van der Waals surface area contributed by atoms with Crippen LogP contribution in [0.15, 0.2) is 30.5 Å². The van der Waals surface area contributed by atoms with Gasteiger partial charge in [0.05, 0.1) is 18.8 Å². The summed E-state index contributed by atoms with van der Waals surface area (Å²) in [6.45, 7) is 5.43. The first kappa shape index (κ1) is 26.5. The largest absolute Gasteiger partial charge is 0.397 e. The maximum absolute atomic E-state index is 11.1. The molecule has 1 aromatic carbocycles. The number of aliphatic hydroxyl groups is 2. The number of carbonyl (C=O) groups is 1. The average Bonchev–Trinajstić information content (AvgIpc) is 3.35. The number of nitrogens with zero attached hydrogens (tertiary/aromatic N) is 1. The number of H-pyrrole nitrogens is 1. The summed E-state index contributed by atoms with van der Waals surface area (Å²) >= 11 is 0.